The summed E-state index contributed by atoms with van der Waals surface area (Å²) in [6.45, 7) is 4.99. The second kappa shape index (κ2) is 8.12. The Morgan fingerprint density at radius 3 is 2.60 bits per heavy atom. The molecule has 20 heavy (non-hydrogen) atoms. The number of benzene rings is 1. The summed E-state index contributed by atoms with van der Waals surface area (Å²) in [7, 11) is 0. The number of rotatable bonds is 7. The van der Waals surface area contributed by atoms with Crippen molar-refractivity contribution in [1.82, 2.24) is 5.32 Å². The van der Waals surface area contributed by atoms with Crippen LogP contribution in [0.2, 0.25) is 0 Å². The van der Waals surface area contributed by atoms with E-state index in [0.29, 0.717) is 0 Å². The van der Waals surface area contributed by atoms with Crippen LogP contribution < -0.4 is 5.32 Å². The molecule has 5 heteroatoms. The molecule has 0 aromatic heterocycles. The minimum Gasteiger partial charge on any atom is -0.445 e. The summed E-state index contributed by atoms with van der Waals surface area (Å²) in [5.74, 6) is -0.313. The van der Waals surface area contributed by atoms with Gasteiger partial charge in [-0.2, -0.15) is 0 Å². The summed E-state index contributed by atoms with van der Waals surface area (Å²) < 4.78 is 5.00. The molecule has 5 nitrogen and oxygen atoms in total. The molecule has 1 amide bonds. The molecule has 0 aliphatic rings. The summed E-state index contributed by atoms with van der Waals surface area (Å²) in [5, 5.41) is 11.9. The quantitative estimate of drug-likeness (QED) is 0.745. The molecule has 0 aliphatic carbocycles. The van der Waals surface area contributed by atoms with Crippen molar-refractivity contribution in [1.29, 1.82) is 0 Å². The maximum Gasteiger partial charge on any atom is 0.408 e. The highest BCUT2D eigenvalue weighted by molar-refractivity contribution is 5.88. The highest BCUT2D eigenvalue weighted by atomic mass is 16.5. The van der Waals surface area contributed by atoms with Gasteiger partial charge in [0.25, 0.3) is 0 Å². The predicted octanol–water partition coefficient (Wildman–Crippen LogP) is 1.81. The van der Waals surface area contributed by atoms with Crippen LogP contribution in [0.3, 0.4) is 0 Å². The number of hydrogen-bond acceptors (Lipinski definition) is 4. The fraction of sp³-hybridized carbons (Fsp3) is 0.333. The average Bonchev–Trinajstić information content (AvgIpc) is 2.43. The van der Waals surface area contributed by atoms with E-state index in [1.54, 1.807) is 0 Å². The fourth-order valence-corrected chi connectivity index (χ4v) is 1.63. The maximum absolute atomic E-state index is 11.7. The van der Waals surface area contributed by atoms with Crippen LogP contribution in [0.25, 0.3) is 0 Å². The van der Waals surface area contributed by atoms with Gasteiger partial charge < -0.3 is 15.2 Å². The van der Waals surface area contributed by atoms with E-state index in [1.807, 2.05) is 30.3 Å². The predicted molar refractivity (Wildman–Crippen MR) is 75.1 cm³/mol. The minimum absolute atomic E-state index is 0.0779. The summed E-state index contributed by atoms with van der Waals surface area (Å²) in [6, 6.07) is 8.19. The Morgan fingerprint density at radius 2 is 2.05 bits per heavy atom. The van der Waals surface area contributed by atoms with Crippen molar-refractivity contribution in [3.05, 3.63) is 48.6 Å². The second-order valence-electron chi connectivity index (χ2n) is 4.38. The van der Waals surface area contributed by atoms with Crippen LogP contribution in [0.4, 0.5) is 4.79 Å². The highest BCUT2D eigenvalue weighted by Gasteiger charge is 2.24. The zero-order valence-electron chi connectivity index (χ0n) is 11.4. The number of nitrogens with one attached hydrogen (secondary N) is 1. The number of carbonyl (C=O) groups is 2. The minimum atomic E-state index is -0.994. The van der Waals surface area contributed by atoms with Crippen LogP contribution in [0.5, 0.6) is 0 Å². The second-order valence-corrected chi connectivity index (χ2v) is 4.38. The molecule has 0 aliphatic heterocycles. The van der Waals surface area contributed by atoms with E-state index in [1.165, 1.54) is 13.0 Å². The first-order chi connectivity index (χ1) is 9.54. The Kier molecular flexibility index (Phi) is 6.46. The van der Waals surface area contributed by atoms with Crippen molar-refractivity contribution >= 4 is 11.9 Å². The number of aliphatic hydroxyl groups excluding tert-OH is 1. The van der Waals surface area contributed by atoms with Gasteiger partial charge in [0.2, 0.25) is 0 Å². The third kappa shape index (κ3) is 5.24. The van der Waals surface area contributed by atoms with E-state index < -0.39 is 18.2 Å². The van der Waals surface area contributed by atoms with E-state index in [2.05, 4.69) is 11.9 Å². The molecule has 0 saturated carbocycles. The monoisotopic (exact) mass is 277 g/mol. The van der Waals surface area contributed by atoms with Gasteiger partial charge in [0.1, 0.15) is 12.6 Å². The van der Waals surface area contributed by atoms with Crippen LogP contribution in [0, 0.1) is 0 Å². The Bertz CT molecular complexity index is 456. The molecule has 0 unspecified atom stereocenters. The Morgan fingerprint density at radius 1 is 1.40 bits per heavy atom. The number of ether oxygens (including phenoxy) is 1. The number of amides is 1. The van der Waals surface area contributed by atoms with Crippen molar-refractivity contribution in [2.45, 2.75) is 32.1 Å². The zero-order chi connectivity index (χ0) is 15.0. The summed E-state index contributed by atoms with van der Waals surface area (Å²) >= 11 is 0. The van der Waals surface area contributed by atoms with Crippen molar-refractivity contribution in [2.75, 3.05) is 0 Å². The van der Waals surface area contributed by atoms with Crippen molar-refractivity contribution in [3.63, 3.8) is 0 Å². The number of alkyl carbamates (subject to hydrolysis) is 1. The molecule has 1 aromatic carbocycles. The van der Waals surface area contributed by atoms with Gasteiger partial charge in [-0.1, -0.05) is 36.4 Å². The van der Waals surface area contributed by atoms with Crippen LogP contribution >= 0.6 is 0 Å². The lowest BCUT2D eigenvalue weighted by atomic mass is 10.1. The number of carbonyl (C=O) groups excluding carboxylic acids is 2. The Hall–Kier alpha value is -2.14. The Balaban J connectivity index is 2.50. The standard InChI is InChI=1S/C15H19NO4/c1-3-7-13(18)14(11(2)17)16-15(19)20-10-12-8-5-4-6-9-12/h3-6,8-9,11,14,17H,1,7,10H2,2H3,(H,16,19)/t11-,14+/m0/s1. The SMILES string of the molecule is C=CCC(=O)[C@H](NC(=O)OCc1ccccc1)[C@H](C)O. The number of hydrogen-bond donors (Lipinski definition) is 2. The van der Waals surface area contributed by atoms with Crippen LogP contribution in [0.1, 0.15) is 18.9 Å². The molecule has 0 heterocycles. The van der Waals surface area contributed by atoms with Gasteiger partial charge in [-0.25, -0.2) is 4.79 Å². The largest absolute Gasteiger partial charge is 0.445 e. The van der Waals surface area contributed by atoms with Gasteiger partial charge in [-0.3, -0.25) is 4.79 Å². The first kappa shape index (κ1) is 15.9. The molecule has 2 atom stereocenters. The number of aliphatic hydroxyl groups is 1. The third-order valence-electron chi connectivity index (χ3n) is 2.66. The Labute approximate surface area is 118 Å². The molecule has 0 bridgehead atoms. The average molecular weight is 277 g/mol. The number of ketones is 1. The summed E-state index contributed by atoms with van der Waals surface area (Å²) in [4.78, 5) is 23.3. The molecule has 0 saturated heterocycles. The van der Waals surface area contributed by atoms with Crippen LogP contribution in [-0.2, 0) is 16.1 Å². The van der Waals surface area contributed by atoms with E-state index in [0.717, 1.165) is 5.56 Å². The van der Waals surface area contributed by atoms with Gasteiger partial charge in [0.15, 0.2) is 5.78 Å². The maximum atomic E-state index is 11.7. The molecule has 2 N–H and O–H groups in total. The third-order valence-corrected chi connectivity index (χ3v) is 2.66. The molecule has 0 spiro atoms. The number of Topliss-reactive ketones (excluding diaryl/α,β-unsaturated/α-hetero) is 1. The molecule has 0 radical (unpaired) electrons. The zero-order valence-corrected chi connectivity index (χ0v) is 11.4. The van der Waals surface area contributed by atoms with Crippen molar-refractivity contribution in [2.24, 2.45) is 0 Å². The lowest BCUT2D eigenvalue weighted by Gasteiger charge is -2.19. The molecule has 0 fully saturated rings. The normalized spacial score (nSPS) is 13.1. The van der Waals surface area contributed by atoms with Crippen LogP contribution in [0.15, 0.2) is 43.0 Å². The van der Waals surface area contributed by atoms with Crippen LogP contribution in [-0.4, -0.2) is 29.1 Å². The first-order valence-electron chi connectivity index (χ1n) is 6.33. The highest BCUT2D eigenvalue weighted by Crippen LogP contribution is 2.03. The van der Waals surface area contributed by atoms with Gasteiger partial charge >= 0.3 is 6.09 Å². The van der Waals surface area contributed by atoms with Gasteiger partial charge in [0.05, 0.1) is 6.10 Å². The van der Waals surface area contributed by atoms with E-state index in [-0.39, 0.29) is 18.8 Å². The molecular formula is C15H19NO4. The molecule has 1 rings (SSSR count). The van der Waals surface area contributed by atoms with E-state index in [4.69, 9.17) is 4.74 Å². The van der Waals surface area contributed by atoms with Gasteiger partial charge in [0, 0.05) is 6.42 Å². The smallest absolute Gasteiger partial charge is 0.408 e. The van der Waals surface area contributed by atoms with E-state index in [9.17, 15) is 14.7 Å². The lowest BCUT2D eigenvalue weighted by molar-refractivity contribution is -0.122. The van der Waals surface area contributed by atoms with Crippen molar-refractivity contribution < 1.29 is 19.4 Å². The van der Waals surface area contributed by atoms with E-state index >= 15 is 0 Å². The molecule has 108 valence electrons. The molecule has 1 aromatic rings. The van der Waals surface area contributed by atoms with Gasteiger partial charge in [-0.15, -0.1) is 6.58 Å². The van der Waals surface area contributed by atoms with Crippen molar-refractivity contribution in [3.8, 4) is 0 Å². The van der Waals surface area contributed by atoms with Gasteiger partial charge in [-0.05, 0) is 12.5 Å². The number of allylic oxidation sites excluding steroid dienone is 1. The lowest BCUT2D eigenvalue weighted by Crippen LogP contribution is -2.47. The topological polar surface area (TPSA) is 75.6 Å². The molecular weight excluding hydrogens is 258 g/mol. The summed E-state index contributed by atoms with van der Waals surface area (Å²) in [5.41, 5.74) is 0.841. The fourth-order valence-electron chi connectivity index (χ4n) is 1.63. The summed E-state index contributed by atoms with van der Waals surface area (Å²) in [6.07, 6.45) is -0.229. The first-order valence-corrected chi connectivity index (χ1v) is 6.33.